The SMILES string of the molecule is CO[C@]12CC3C[C@H](C1)[C@H](Nc1c(C(N)=O)cnc4[nH]ccc14)[C@@H](C3)C2. The summed E-state index contributed by atoms with van der Waals surface area (Å²) in [5.41, 5.74) is 7.80. The minimum Gasteiger partial charge on any atom is -0.380 e. The van der Waals surface area contributed by atoms with E-state index in [2.05, 4.69) is 15.3 Å². The van der Waals surface area contributed by atoms with Crippen LogP contribution in [0.25, 0.3) is 11.0 Å². The molecule has 4 aliphatic rings. The van der Waals surface area contributed by atoms with Gasteiger partial charge in [0.15, 0.2) is 0 Å². The highest BCUT2D eigenvalue weighted by molar-refractivity contribution is 6.06. The largest absolute Gasteiger partial charge is 0.380 e. The number of carbonyl (C=O) groups excluding carboxylic acids is 1. The number of pyridine rings is 1. The Morgan fingerprint density at radius 1 is 1.36 bits per heavy atom. The van der Waals surface area contributed by atoms with Gasteiger partial charge in [-0.3, -0.25) is 4.79 Å². The van der Waals surface area contributed by atoms with Gasteiger partial charge in [-0.1, -0.05) is 0 Å². The first-order chi connectivity index (χ1) is 12.1. The molecule has 4 aliphatic carbocycles. The van der Waals surface area contributed by atoms with E-state index in [9.17, 15) is 4.79 Å². The molecule has 1 amide bonds. The molecular formula is C19H24N4O2. The number of rotatable bonds is 4. The average Bonchev–Trinajstić information content (AvgIpc) is 3.06. The number of primary amides is 1. The van der Waals surface area contributed by atoms with Crippen LogP contribution in [0.5, 0.6) is 0 Å². The van der Waals surface area contributed by atoms with Crippen LogP contribution in [0.2, 0.25) is 0 Å². The van der Waals surface area contributed by atoms with Crippen molar-refractivity contribution < 1.29 is 9.53 Å². The number of carbonyl (C=O) groups is 1. The first-order valence-electron chi connectivity index (χ1n) is 9.16. The third-order valence-corrected chi connectivity index (χ3v) is 6.81. The molecule has 6 heteroatoms. The Morgan fingerprint density at radius 2 is 2.12 bits per heavy atom. The smallest absolute Gasteiger partial charge is 0.252 e. The van der Waals surface area contributed by atoms with Crippen molar-refractivity contribution in [1.29, 1.82) is 0 Å². The first-order valence-corrected chi connectivity index (χ1v) is 9.16. The summed E-state index contributed by atoms with van der Waals surface area (Å²) in [6, 6.07) is 2.34. The van der Waals surface area contributed by atoms with Crippen molar-refractivity contribution >= 4 is 22.6 Å². The van der Waals surface area contributed by atoms with Crippen LogP contribution in [-0.4, -0.2) is 34.6 Å². The predicted octanol–water partition coefficient (Wildman–Crippen LogP) is 2.67. The maximum Gasteiger partial charge on any atom is 0.252 e. The van der Waals surface area contributed by atoms with Gasteiger partial charge in [0.2, 0.25) is 0 Å². The third kappa shape index (κ3) is 2.20. The van der Waals surface area contributed by atoms with Crippen LogP contribution < -0.4 is 11.1 Å². The van der Waals surface area contributed by atoms with Crippen molar-refractivity contribution in [3.8, 4) is 0 Å². The van der Waals surface area contributed by atoms with E-state index in [1.807, 2.05) is 19.4 Å². The molecule has 2 heterocycles. The molecule has 6 rings (SSSR count). The molecule has 4 bridgehead atoms. The fourth-order valence-electron chi connectivity index (χ4n) is 5.95. The van der Waals surface area contributed by atoms with Crippen molar-refractivity contribution in [2.75, 3.05) is 12.4 Å². The van der Waals surface area contributed by atoms with Crippen LogP contribution in [-0.2, 0) is 4.74 Å². The zero-order chi connectivity index (χ0) is 17.2. The maximum absolute atomic E-state index is 11.9. The van der Waals surface area contributed by atoms with Crippen LogP contribution in [0.3, 0.4) is 0 Å². The predicted molar refractivity (Wildman–Crippen MR) is 95.3 cm³/mol. The van der Waals surface area contributed by atoms with E-state index in [0.717, 1.165) is 35.5 Å². The van der Waals surface area contributed by atoms with Crippen LogP contribution in [0, 0.1) is 17.8 Å². The molecule has 0 radical (unpaired) electrons. The van der Waals surface area contributed by atoms with Gasteiger partial charge in [0, 0.05) is 30.9 Å². The number of ether oxygens (including phenoxy) is 1. The second-order valence-electron chi connectivity index (χ2n) is 8.18. The van der Waals surface area contributed by atoms with Gasteiger partial charge in [0.25, 0.3) is 5.91 Å². The molecule has 0 aliphatic heterocycles. The minimum absolute atomic E-state index is 0.0862. The lowest BCUT2D eigenvalue weighted by Gasteiger charge is -2.59. The number of hydrogen-bond donors (Lipinski definition) is 3. The molecule has 2 aromatic rings. The third-order valence-electron chi connectivity index (χ3n) is 6.81. The second kappa shape index (κ2) is 5.21. The van der Waals surface area contributed by atoms with Crippen LogP contribution in [0.15, 0.2) is 18.5 Å². The Hall–Kier alpha value is -2.08. The highest BCUT2D eigenvalue weighted by Gasteiger charge is 2.55. The first kappa shape index (κ1) is 15.2. The van der Waals surface area contributed by atoms with E-state index in [4.69, 9.17) is 10.5 Å². The van der Waals surface area contributed by atoms with Crippen molar-refractivity contribution in [3.63, 3.8) is 0 Å². The minimum atomic E-state index is -0.435. The van der Waals surface area contributed by atoms with Gasteiger partial charge in [0.1, 0.15) is 5.65 Å². The molecule has 4 saturated carbocycles. The van der Waals surface area contributed by atoms with E-state index >= 15 is 0 Å². The number of nitrogens with zero attached hydrogens (tertiary/aromatic N) is 1. The summed E-state index contributed by atoms with van der Waals surface area (Å²) in [6.07, 6.45) is 9.38. The number of nitrogens with two attached hydrogens (primary N) is 1. The molecule has 2 aromatic heterocycles. The molecule has 0 aromatic carbocycles. The summed E-state index contributed by atoms with van der Waals surface area (Å²) in [7, 11) is 1.87. The summed E-state index contributed by atoms with van der Waals surface area (Å²) in [4.78, 5) is 19.4. The standard InChI is InChI=1S/C19H24N4O2/c1-25-19-6-10-4-11(7-19)15(12(5-10)8-19)23-16-13-2-3-21-18(13)22-9-14(16)17(20)24/h2-3,9-12,15H,4-8H2,1H3,(H2,20,24)(H2,21,22,23)/t10?,11-,12+,15+,19-. The summed E-state index contributed by atoms with van der Waals surface area (Å²) in [5, 5.41) is 4.66. The Balaban J connectivity index is 1.52. The summed E-state index contributed by atoms with van der Waals surface area (Å²) < 4.78 is 5.95. The van der Waals surface area contributed by atoms with Crippen LogP contribution in [0.1, 0.15) is 42.5 Å². The van der Waals surface area contributed by atoms with Gasteiger partial charge in [-0.25, -0.2) is 4.98 Å². The number of anilines is 1. The highest BCUT2D eigenvalue weighted by Crippen LogP contribution is 2.57. The monoisotopic (exact) mass is 340 g/mol. The molecule has 25 heavy (non-hydrogen) atoms. The molecule has 0 spiro atoms. The number of aromatic amines is 1. The van der Waals surface area contributed by atoms with Crippen LogP contribution in [0.4, 0.5) is 5.69 Å². The van der Waals surface area contributed by atoms with Gasteiger partial charge in [0.05, 0.1) is 16.9 Å². The second-order valence-corrected chi connectivity index (χ2v) is 8.18. The van der Waals surface area contributed by atoms with E-state index < -0.39 is 5.91 Å². The lowest BCUT2D eigenvalue weighted by atomic mass is 9.52. The molecule has 6 nitrogen and oxygen atoms in total. The summed E-state index contributed by atoms with van der Waals surface area (Å²) in [5.74, 6) is 1.54. The lowest BCUT2D eigenvalue weighted by molar-refractivity contribution is -0.149. The number of aromatic nitrogens is 2. The zero-order valence-corrected chi connectivity index (χ0v) is 14.4. The van der Waals surface area contributed by atoms with Gasteiger partial charge in [-0.05, 0) is 55.9 Å². The van der Waals surface area contributed by atoms with Gasteiger partial charge < -0.3 is 20.8 Å². The topological polar surface area (TPSA) is 93.0 Å². The van der Waals surface area contributed by atoms with Gasteiger partial charge in [-0.15, -0.1) is 0 Å². The van der Waals surface area contributed by atoms with E-state index in [-0.39, 0.29) is 5.60 Å². The quantitative estimate of drug-likeness (QED) is 0.798. The fourth-order valence-corrected chi connectivity index (χ4v) is 5.95. The van der Waals surface area contributed by atoms with Crippen molar-refractivity contribution in [2.45, 2.75) is 43.7 Å². The number of methoxy groups -OCH3 is 1. The number of nitrogens with one attached hydrogen (secondary N) is 2. The lowest BCUT2D eigenvalue weighted by Crippen LogP contribution is -2.59. The van der Waals surface area contributed by atoms with Gasteiger partial charge in [-0.2, -0.15) is 0 Å². The normalized spacial score (nSPS) is 36.0. The number of amides is 1. The van der Waals surface area contributed by atoms with Crippen molar-refractivity contribution in [2.24, 2.45) is 23.5 Å². The molecule has 132 valence electrons. The van der Waals surface area contributed by atoms with Crippen molar-refractivity contribution in [1.82, 2.24) is 9.97 Å². The Labute approximate surface area is 146 Å². The van der Waals surface area contributed by atoms with Crippen molar-refractivity contribution in [3.05, 3.63) is 24.0 Å². The Bertz CT molecular complexity index is 829. The molecule has 4 N–H and O–H groups in total. The zero-order valence-electron chi connectivity index (χ0n) is 14.4. The Kier molecular flexibility index (Phi) is 3.17. The molecular weight excluding hydrogens is 316 g/mol. The Morgan fingerprint density at radius 3 is 2.80 bits per heavy atom. The molecule has 1 unspecified atom stereocenters. The summed E-state index contributed by atoms with van der Waals surface area (Å²) >= 11 is 0. The van der Waals surface area contributed by atoms with Crippen LogP contribution >= 0.6 is 0 Å². The average molecular weight is 340 g/mol. The molecule has 4 fully saturated rings. The number of H-pyrrole nitrogens is 1. The van der Waals surface area contributed by atoms with E-state index in [0.29, 0.717) is 23.4 Å². The molecule has 0 saturated heterocycles. The maximum atomic E-state index is 11.9. The molecule has 5 atom stereocenters. The van der Waals surface area contributed by atoms with E-state index in [1.165, 1.54) is 19.3 Å². The van der Waals surface area contributed by atoms with Gasteiger partial charge >= 0.3 is 0 Å². The number of hydrogen-bond acceptors (Lipinski definition) is 4. The van der Waals surface area contributed by atoms with E-state index in [1.54, 1.807) is 6.20 Å². The highest BCUT2D eigenvalue weighted by atomic mass is 16.5. The number of fused-ring (bicyclic) bond motifs is 1. The summed E-state index contributed by atoms with van der Waals surface area (Å²) in [6.45, 7) is 0. The fraction of sp³-hybridized carbons (Fsp3) is 0.579.